The van der Waals surface area contributed by atoms with Crippen molar-refractivity contribution >= 4 is 11.6 Å². The van der Waals surface area contributed by atoms with Gasteiger partial charge in [0.05, 0.1) is 11.1 Å². The van der Waals surface area contributed by atoms with Crippen LogP contribution in [0.15, 0.2) is 18.5 Å². The van der Waals surface area contributed by atoms with Gasteiger partial charge in [0.25, 0.3) is 0 Å². The highest BCUT2D eigenvalue weighted by atomic mass is 35.5. The van der Waals surface area contributed by atoms with Crippen molar-refractivity contribution in [3.63, 3.8) is 0 Å². The molecule has 2 unspecified atom stereocenters. The molecule has 2 atom stereocenters. The third-order valence-corrected chi connectivity index (χ3v) is 2.72. The van der Waals surface area contributed by atoms with Crippen LogP contribution in [-0.4, -0.2) is 24.2 Å². The first-order valence-corrected chi connectivity index (χ1v) is 5.38. The van der Waals surface area contributed by atoms with Crippen molar-refractivity contribution in [2.75, 3.05) is 7.11 Å². The zero-order chi connectivity index (χ0) is 11.3. The van der Waals surface area contributed by atoms with Gasteiger partial charge in [0, 0.05) is 25.5 Å². The predicted molar refractivity (Wildman–Crippen MR) is 62.0 cm³/mol. The lowest BCUT2D eigenvalue weighted by Crippen LogP contribution is -2.28. The van der Waals surface area contributed by atoms with Crippen LogP contribution in [0.5, 0.6) is 0 Å². The molecule has 0 aromatic carbocycles. The largest absolute Gasteiger partial charge is 0.382 e. The monoisotopic (exact) mass is 228 g/mol. The standard InChI is InChI=1S/C11H17ClN2O/c1-8(15-2)5-10(13)6-9-3-4-14-7-11(9)12/h3-4,7-8,10H,5-6,13H2,1-2H3. The van der Waals surface area contributed by atoms with E-state index in [1.54, 1.807) is 19.5 Å². The maximum Gasteiger partial charge on any atom is 0.0621 e. The summed E-state index contributed by atoms with van der Waals surface area (Å²) in [6.07, 6.45) is 5.14. The number of rotatable bonds is 5. The molecule has 1 heterocycles. The summed E-state index contributed by atoms with van der Waals surface area (Å²) < 4.78 is 5.16. The maximum atomic E-state index is 5.99. The number of pyridine rings is 1. The van der Waals surface area contributed by atoms with Crippen molar-refractivity contribution in [2.45, 2.75) is 31.9 Å². The molecule has 1 aromatic heterocycles. The topological polar surface area (TPSA) is 48.1 Å². The molecular weight excluding hydrogens is 212 g/mol. The predicted octanol–water partition coefficient (Wildman–Crippen LogP) is 2.03. The van der Waals surface area contributed by atoms with E-state index in [1.807, 2.05) is 13.0 Å². The normalized spacial score (nSPS) is 14.9. The minimum atomic E-state index is 0.0693. The van der Waals surface area contributed by atoms with Crippen LogP contribution in [0.3, 0.4) is 0 Å². The Labute approximate surface area is 95.6 Å². The van der Waals surface area contributed by atoms with E-state index in [2.05, 4.69) is 4.98 Å². The summed E-state index contributed by atoms with van der Waals surface area (Å²) in [6.45, 7) is 2.01. The molecule has 0 aliphatic rings. The highest BCUT2D eigenvalue weighted by molar-refractivity contribution is 6.31. The second-order valence-electron chi connectivity index (χ2n) is 3.71. The summed E-state index contributed by atoms with van der Waals surface area (Å²) in [7, 11) is 1.69. The number of nitrogens with two attached hydrogens (primary N) is 1. The minimum Gasteiger partial charge on any atom is -0.382 e. The summed E-state index contributed by atoms with van der Waals surface area (Å²) in [5, 5.41) is 0.679. The molecule has 3 nitrogen and oxygen atoms in total. The smallest absolute Gasteiger partial charge is 0.0621 e. The van der Waals surface area contributed by atoms with E-state index in [-0.39, 0.29) is 12.1 Å². The van der Waals surface area contributed by atoms with E-state index in [0.29, 0.717) is 5.02 Å². The van der Waals surface area contributed by atoms with Gasteiger partial charge in [-0.05, 0) is 31.4 Å². The van der Waals surface area contributed by atoms with Crippen LogP contribution in [0.1, 0.15) is 18.9 Å². The number of nitrogens with zero attached hydrogens (tertiary/aromatic N) is 1. The Morgan fingerprint density at radius 1 is 1.60 bits per heavy atom. The Morgan fingerprint density at radius 2 is 2.33 bits per heavy atom. The minimum absolute atomic E-state index is 0.0693. The zero-order valence-electron chi connectivity index (χ0n) is 9.11. The Balaban J connectivity index is 2.51. The molecule has 0 bridgehead atoms. The van der Waals surface area contributed by atoms with Gasteiger partial charge < -0.3 is 10.5 Å². The van der Waals surface area contributed by atoms with Crippen LogP contribution >= 0.6 is 11.6 Å². The molecule has 0 amide bonds. The fourth-order valence-corrected chi connectivity index (χ4v) is 1.65. The molecule has 0 radical (unpaired) electrons. The van der Waals surface area contributed by atoms with Gasteiger partial charge in [-0.25, -0.2) is 0 Å². The lowest BCUT2D eigenvalue weighted by atomic mass is 10.0. The van der Waals surface area contributed by atoms with Crippen molar-refractivity contribution in [1.29, 1.82) is 0 Å². The van der Waals surface area contributed by atoms with Gasteiger partial charge in [-0.2, -0.15) is 0 Å². The number of hydrogen-bond acceptors (Lipinski definition) is 3. The number of ether oxygens (including phenoxy) is 1. The van der Waals surface area contributed by atoms with E-state index < -0.39 is 0 Å². The number of hydrogen-bond donors (Lipinski definition) is 1. The fraction of sp³-hybridized carbons (Fsp3) is 0.545. The molecule has 4 heteroatoms. The summed E-state index contributed by atoms with van der Waals surface area (Å²) in [5.41, 5.74) is 7.04. The van der Waals surface area contributed by atoms with E-state index in [4.69, 9.17) is 22.1 Å². The first-order valence-electron chi connectivity index (χ1n) is 5.00. The van der Waals surface area contributed by atoms with Crippen LogP contribution in [0.25, 0.3) is 0 Å². The molecule has 0 aliphatic carbocycles. The SMILES string of the molecule is COC(C)CC(N)Cc1ccncc1Cl. The Morgan fingerprint density at radius 3 is 2.93 bits per heavy atom. The molecular formula is C11H17ClN2O. The van der Waals surface area contributed by atoms with Crippen LogP contribution in [0, 0.1) is 0 Å². The molecule has 0 fully saturated rings. The molecule has 1 aromatic rings. The van der Waals surface area contributed by atoms with Crippen LogP contribution in [-0.2, 0) is 11.2 Å². The average molecular weight is 229 g/mol. The summed E-state index contributed by atoms with van der Waals surface area (Å²) in [6, 6.07) is 1.97. The molecule has 0 spiro atoms. The van der Waals surface area contributed by atoms with Gasteiger partial charge in [-0.3, -0.25) is 4.98 Å². The molecule has 2 N–H and O–H groups in total. The van der Waals surface area contributed by atoms with Gasteiger partial charge in [0.2, 0.25) is 0 Å². The van der Waals surface area contributed by atoms with E-state index >= 15 is 0 Å². The van der Waals surface area contributed by atoms with Gasteiger partial charge in [-0.1, -0.05) is 11.6 Å². The summed E-state index contributed by atoms with van der Waals surface area (Å²) in [4.78, 5) is 3.93. The second-order valence-corrected chi connectivity index (χ2v) is 4.12. The third kappa shape index (κ3) is 4.16. The molecule has 0 aliphatic heterocycles. The van der Waals surface area contributed by atoms with E-state index in [1.165, 1.54) is 0 Å². The van der Waals surface area contributed by atoms with Crippen molar-refractivity contribution in [2.24, 2.45) is 5.73 Å². The highest BCUT2D eigenvalue weighted by Crippen LogP contribution is 2.16. The van der Waals surface area contributed by atoms with Crippen molar-refractivity contribution in [3.8, 4) is 0 Å². The van der Waals surface area contributed by atoms with Gasteiger partial charge in [0.15, 0.2) is 0 Å². The summed E-state index contributed by atoms with van der Waals surface area (Å²) >= 11 is 5.99. The quantitative estimate of drug-likeness (QED) is 0.839. The lowest BCUT2D eigenvalue weighted by Gasteiger charge is -2.16. The third-order valence-electron chi connectivity index (χ3n) is 2.38. The highest BCUT2D eigenvalue weighted by Gasteiger charge is 2.10. The van der Waals surface area contributed by atoms with Gasteiger partial charge in [0.1, 0.15) is 0 Å². The number of aromatic nitrogens is 1. The average Bonchev–Trinajstić information content (AvgIpc) is 2.21. The fourth-order valence-electron chi connectivity index (χ4n) is 1.46. The van der Waals surface area contributed by atoms with Crippen molar-refractivity contribution in [1.82, 2.24) is 4.98 Å². The maximum absolute atomic E-state index is 5.99. The lowest BCUT2D eigenvalue weighted by molar-refractivity contribution is 0.104. The number of methoxy groups -OCH3 is 1. The number of halogens is 1. The molecule has 15 heavy (non-hydrogen) atoms. The molecule has 0 saturated carbocycles. The molecule has 0 saturated heterocycles. The van der Waals surface area contributed by atoms with Crippen LogP contribution < -0.4 is 5.73 Å². The van der Waals surface area contributed by atoms with Crippen molar-refractivity contribution in [3.05, 3.63) is 29.0 Å². The van der Waals surface area contributed by atoms with Crippen LogP contribution in [0.2, 0.25) is 5.02 Å². The Hall–Kier alpha value is -0.640. The second kappa shape index (κ2) is 6.05. The Bertz CT molecular complexity index is 306. The van der Waals surface area contributed by atoms with Crippen molar-refractivity contribution < 1.29 is 4.74 Å². The first kappa shape index (κ1) is 12.4. The van der Waals surface area contributed by atoms with E-state index in [0.717, 1.165) is 18.4 Å². The Kier molecular flexibility index (Phi) is 5.02. The first-order chi connectivity index (χ1) is 7.13. The van der Waals surface area contributed by atoms with Gasteiger partial charge >= 0.3 is 0 Å². The van der Waals surface area contributed by atoms with Crippen LogP contribution in [0.4, 0.5) is 0 Å². The zero-order valence-corrected chi connectivity index (χ0v) is 9.87. The van der Waals surface area contributed by atoms with E-state index in [9.17, 15) is 0 Å². The molecule has 1 rings (SSSR count). The molecule has 84 valence electrons. The summed E-state index contributed by atoms with van der Waals surface area (Å²) in [5.74, 6) is 0. The van der Waals surface area contributed by atoms with Gasteiger partial charge in [-0.15, -0.1) is 0 Å².